The van der Waals surface area contributed by atoms with Crippen molar-refractivity contribution in [1.82, 2.24) is 19.9 Å². The molecule has 0 saturated heterocycles. The molecular formula is C20H15N5O2S. The summed E-state index contributed by atoms with van der Waals surface area (Å²) >= 11 is 0. The van der Waals surface area contributed by atoms with E-state index in [0.717, 1.165) is 46.2 Å². The summed E-state index contributed by atoms with van der Waals surface area (Å²) in [6.07, 6.45) is 5.24. The monoisotopic (exact) mass is 389 g/mol. The molecule has 1 fully saturated rings. The minimum absolute atomic E-state index is 0.351. The van der Waals surface area contributed by atoms with Crippen LogP contribution in [-0.2, 0) is 9.84 Å². The van der Waals surface area contributed by atoms with E-state index in [1.165, 1.54) is 11.7 Å². The minimum atomic E-state index is -3.42. The van der Waals surface area contributed by atoms with Crippen molar-refractivity contribution in [2.24, 2.45) is 5.92 Å². The highest BCUT2D eigenvalue weighted by molar-refractivity contribution is 7.95. The van der Waals surface area contributed by atoms with Gasteiger partial charge in [-0.2, -0.15) is 0 Å². The predicted molar refractivity (Wildman–Crippen MR) is 107 cm³/mol. The molecule has 2 N–H and O–H groups in total. The van der Waals surface area contributed by atoms with Crippen molar-refractivity contribution in [1.29, 1.82) is 0 Å². The topological polar surface area (TPSA) is 101 Å². The van der Waals surface area contributed by atoms with Gasteiger partial charge in [0, 0.05) is 16.5 Å². The van der Waals surface area contributed by atoms with Gasteiger partial charge in [0.15, 0.2) is 0 Å². The zero-order valence-corrected chi connectivity index (χ0v) is 15.5. The number of hydrogen-bond acceptors (Lipinski definition) is 6. The van der Waals surface area contributed by atoms with Gasteiger partial charge in [-0.3, -0.25) is 0 Å². The lowest BCUT2D eigenvalue weighted by Gasteiger charge is -2.11. The SMILES string of the molecule is O=S1(=O)C=C(C2CC2)c2cc3ncnc(Nc4ccc5nc[nH]c5c4)c3cc21. The van der Waals surface area contributed by atoms with E-state index in [1.807, 2.05) is 24.3 Å². The van der Waals surface area contributed by atoms with Crippen LogP contribution in [0.25, 0.3) is 27.5 Å². The van der Waals surface area contributed by atoms with Gasteiger partial charge >= 0.3 is 0 Å². The smallest absolute Gasteiger partial charge is 0.200 e. The van der Waals surface area contributed by atoms with Gasteiger partial charge in [-0.15, -0.1) is 0 Å². The number of aromatic amines is 1. The summed E-state index contributed by atoms with van der Waals surface area (Å²) < 4.78 is 25.4. The van der Waals surface area contributed by atoms with Crippen molar-refractivity contribution >= 4 is 48.9 Å². The summed E-state index contributed by atoms with van der Waals surface area (Å²) in [5.74, 6) is 0.927. The lowest BCUT2D eigenvalue weighted by molar-refractivity contribution is 0.605. The second-order valence-corrected chi connectivity index (χ2v) is 9.01. The molecule has 2 aromatic heterocycles. The summed E-state index contributed by atoms with van der Waals surface area (Å²) in [6, 6.07) is 9.33. The second kappa shape index (κ2) is 5.39. The number of fused-ring (bicyclic) bond motifs is 3. The maximum absolute atomic E-state index is 12.7. The van der Waals surface area contributed by atoms with Crippen LogP contribution in [-0.4, -0.2) is 28.4 Å². The molecule has 0 amide bonds. The predicted octanol–water partition coefficient (Wildman–Crippen LogP) is 3.79. The van der Waals surface area contributed by atoms with Gasteiger partial charge in [-0.1, -0.05) is 0 Å². The first-order chi connectivity index (χ1) is 13.6. The fraction of sp³-hybridized carbons (Fsp3) is 0.150. The third-order valence-electron chi connectivity index (χ3n) is 5.34. The summed E-state index contributed by atoms with van der Waals surface area (Å²) in [4.78, 5) is 16.4. The molecule has 1 aliphatic carbocycles. The molecule has 2 aromatic carbocycles. The van der Waals surface area contributed by atoms with Crippen LogP contribution in [0.3, 0.4) is 0 Å². The molecule has 138 valence electrons. The van der Waals surface area contributed by atoms with Crippen molar-refractivity contribution in [2.75, 3.05) is 5.32 Å². The Bertz CT molecular complexity index is 1420. The molecular weight excluding hydrogens is 374 g/mol. The van der Waals surface area contributed by atoms with Gasteiger partial charge < -0.3 is 10.3 Å². The number of benzene rings is 2. The highest BCUT2D eigenvalue weighted by Crippen LogP contribution is 2.48. The summed E-state index contributed by atoms with van der Waals surface area (Å²) in [5, 5.41) is 5.39. The summed E-state index contributed by atoms with van der Waals surface area (Å²) in [7, 11) is -3.42. The zero-order valence-electron chi connectivity index (χ0n) is 14.7. The number of allylic oxidation sites excluding steroid dienone is 1. The van der Waals surface area contributed by atoms with Gasteiger partial charge in [0.2, 0.25) is 9.84 Å². The average Bonchev–Trinajstić information content (AvgIpc) is 3.36. The Kier molecular flexibility index (Phi) is 3.03. The lowest BCUT2D eigenvalue weighted by atomic mass is 10.0. The number of anilines is 2. The Morgan fingerprint density at radius 2 is 1.93 bits per heavy atom. The molecule has 0 radical (unpaired) electrons. The molecule has 1 saturated carbocycles. The normalized spacial score (nSPS) is 17.6. The van der Waals surface area contributed by atoms with Crippen LogP contribution in [0.15, 0.2) is 53.3 Å². The quantitative estimate of drug-likeness (QED) is 0.553. The van der Waals surface area contributed by atoms with Crippen molar-refractivity contribution in [3.8, 4) is 0 Å². The number of nitrogens with one attached hydrogen (secondary N) is 2. The van der Waals surface area contributed by atoms with Gasteiger partial charge in [0.1, 0.15) is 12.1 Å². The molecule has 2 aliphatic rings. The van der Waals surface area contributed by atoms with Gasteiger partial charge in [-0.05, 0) is 60.2 Å². The molecule has 1 aliphatic heterocycles. The number of sulfone groups is 1. The van der Waals surface area contributed by atoms with E-state index < -0.39 is 9.84 Å². The van der Waals surface area contributed by atoms with Gasteiger partial charge in [0.05, 0.1) is 27.8 Å². The lowest BCUT2D eigenvalue weighted by Crippen LogP contribution is -1.99. The van der Waals surface area contributed by atoms with Crippen molar-refractivity contribution in [2.45, 2.75) is 17.7 Å². The number of imidazole rings is 1. The zero-order chi connectivity index (χ0) is 18.9. The van der Waals surface area contributed by atoms with Gasteiger partial charge in [-0.25, -0.2) is 23.4 Å². The van der Waals surface area contributed by atoms with E-state index in [1.54, 1.807) is 12.4 Å². The van der Waals surface area contributed by atoms with Crippen LogP contribution >= 0.6 is 0 Å². The van der Waals surface area contributed by atoms with Crippen molar-refractivity contribution < 1.29 is 8.42 Å². The molecule has 0 spiro atoms. The molecule has 8 heteroatoms. The van der Waals surface area contributed by atoms with E-state index in [2.05, 4.69) is 25.3 Å². The molecule has 4 aromatic rings. The maximum atomic E-state index is 12.7. The molecule has 6 rings (SSSR count). The Balaban J connectivity index is 1.49. The van der Waals surface area contributed by atoms with Crippen LogP contribution in [0.5, 0.6) is 0 Å². The van der Waals surface area contributed by atoms with E-state index >= 15 is 0 Å². The molecule has 0 bridgehead atoms. The van der Waals surface area contributed by atoms with Crippen LogP contribution in [0, 0.1) is 5.92 Å². The first kappa shape index (κ1) is 15.8. The number of hydrogen-bond donors (Lipinski definition) is 2. The van der Waals surface area contributed by atoms with E-state index in [0.29, 0.717) is 22.0 Å². The van der Waals surface area contributed by atoms with Crippen LogP contribution in [0.1, 0.15) is 18.4 Å². The third-order valence-corrected chi connectivity index (χ3v) is 6.85. The highest BCUT2D eigenvalue weighted by Gasteiger charge is 2.36. The standard InChI is InChI=1S/C20H15N5O2S/c26-28(27)8-15(11-1-2-11)13-6-17-14(7-19(13)28)20(24-10-22-17)25-12-3-4-16-18(5-12)23-9-21-16/h3-11H,1-2H2,(H,21,23)(H,22,24,25). The van der Waals surface area contributed by atoms with Gasteiger partial charge in [0.25, 0.3) is 0 Å². The molecule has 0 unspecified atom stereocenters. The van der Waals surface area contributed by atoms with E-state index in [9.17, 15) is 8.42 Å². The van der Waals surface area contributed by atoms with Crippen LogP contribution in [0.2, 0.25) is 0 Å². The van der Waals surface area contributed by atoms with E-state index in [4.69, 9.17) is 0 Å². The average molecular weight is 389 g/mol. The summed E-state index contributed by atoms with van der Waals surface area (Å²) in [5.41, 5.74) is 5.05. The molecule has 7 nitrogen and oxygen atoms in total. The first-order valence-corrected chi connectivity index (χ1v) is 10.6. The van der Waals surface area contributed by atoms with Crippen molar-refractivity contribution in [3.05, 3.63) is 54.0 Å². The Morgan fingerprint density at radius 3 is 2.79 bits per heavy atom. The number of nitrogens with zero attached hydrogens (tertiary/aromatic N) is 3. The number of aromatic nitrogens is 4. The Morgan fingerprint density at radius 1 is 1.04 bits per heavy atom. The fourth-order valence-electron chi connectivity index (χ4n) is 3.80. The third kappa shape index (κ3) is 2.34. The first-order valence-electron chi connectivity index (χ1n) is 9.04. The number of H-pyrrole nitrogens is 1. The largest absolute Gasteiger partial charge is 0.345 e. The van der Waals surface area contributed by atoms with Crippen LogP contribution < -0.4 is 5.32 Å². The van der Waals surface area contributed by atoms with Crippen LogP contribution in [0.4, 0.5) is 11.5 Å². The van der Waals surface area contributed by atoms with Crippen molar-refractivity contribution in [3.63, 3.8) is 0 Å². The Labute approximate surface area is 160 Å². The maximum Gasteiger partial charge on any atom is 0.200 e. The Hall–Kier alpha value is -3.26. The highest BCUT2D eigenvalue weighted by atomic mass is 32.2. The van der Waals surface area contributed by atoms with E-state index in [-0.39, 0.29) is 0 Å². The molecule has 28 heavy (non-hydrogen) atoms. The summed E-state index contributed by atoms with van der Waals surface area (Å²) in [6.45, 7) is 0. The fourth-order valence-corrected chi connectivity index (χ4v) is 5.34. The molecule has 3 heterocycles. The number of rotatable bonds is 3. The molecule has 0 atom stereocenters. The second-order valence-electron chi connectivity index (χ2n) is 7.24. The minimum Gasteiger partial charge on any atom is -0.345 e.